The zero-order valence-electron chi connectivity index (χ0n) is 7.66. The third-order valence-corrected chi connectivity index (χ3v) is 3.26. The number of hydrogen-bond donors (Lipinski definition) is 1. The molecule has 4 heteroatoms. The van der Waals surface area contributed by atoms with Crippen molar-refractivity contribution in [3.05, 3.63) is 34.3 Å². The lowest BCUT2D eigenvalue weighted by molar-refractivity contribution is 0.204. The summed E-state index contributed by atoms with van der Waals surface area (Å²) in [6.07, 6.45) is 1.18. The Labute approximate surface area is 94.6 Å². The highest BCUT2D eigenvalue weighted by molar-refractivity contribution is 6.31. The van der Waals surface area contributed by atoms with Crippen molar-refractivity contribution < 1.29 is 0 Å². The molecule has 0 amide bonds. The minimum Gasteiger partial charge on any atom is -0.254 e. The molecular weight excluding hydrogens is 219 g/mol. The van der Waals surface area contributed by atoms with Gasteiger partial charge in [0, 0.05) is 18.1 Å². The number of benzene rings is 1. The fourth-order valence-electron chi connectivity index (χ4n) is 2.35. The maximum atomic E-state index is 6.18. The van der Waals surface area contributed by atoms with Gasteiger partial charge in [-0.15, -0.1) is 12.4 Å². The van der Waals surface area contributed by atoms with Crippen molar-refractivity contribution in [3.63, 3.8) is 0 Å². The van der Waals surface area contributed by atoms with Crippen LogP contribution in [0.15, 0.2) is 18.2 Å². The van der Waals surface area contributed by atoms with Crippen LogP contribution in [0.5, 0.6) is 0 Å². The largest absolute Gasteiger partial charge is 0.254 e. The lowest BCUT2D eigenvalue weighted by atomic mass is 10.0. The van der Waals surface area contributed by atoms with Crippen molar-refractivity contribution in [2.45, 2.75) is 19.0 Å². The molecule has 0 aliphatic carbocycles. The van der Waals surface area contributed by atoms with Crippen LogP contribution in [-0.2, 0) is 6.54 Å². The highest BCUT2D eigenvalue weighted by atomic mass is 35.5. The first-order chi connectivity index (χ1) is 6.36. The highest BCUT2D eigenvalue weighted by Crippen LogP contribution is 2.40. The molecule has 0 aromatic heterocycles. The summed E-state index contributed by atoms with van der Waals surface area (Å²) < 4.78 is 0. The van der Waals surface area contributed by atoms with Crippen LogP contribution in [0.1, 0.15) is 23.6 Å². The molecule has 1 saturated heterocycles. The van der Waals surface area contributed by atoms with Crippen LogP contribution >= 0.6 is 24.0 Å². The standard InChI is InChI=1S/C10H11ClN2.ClH/c11-8-3-1-2-7-6-13-9(10(7)8)4-5-12-13;/h1-3,9,12H,4-6H2;1H. The van der Waals surface area contributed by atoms with E-state index < -0.39 is 0 Å². The number of nitrogens with zero attached hydrogens (tertiary/aromatic N) is 1. The molecule has 2 aliphatic rings. The summed E-state index contributed by atoms with van der Waals surface area (Å²) in [4.78, 5) is 0. The van der Waals surface area contributed by atoms with Gasteiger partial charge >= 0.3 is 0 Å². The van der Waals surface area contributed by atoms with Crippen molar-refractivity contribution in [1.82, 2.24) is 10.4 Å². The molecule has 14 heavy (non-hydrogen) atoms. The maximum Gasteiger partial charge on any atom is 0.0527 e. The molecule has 1 unspecified atom stereocenters. The zero-order chi connectivity index (χ0) is 8.84. The van der Waals surface area contributed by atoms with E-state index >= 15 is 0 Å². The summed E-state index contributed by atoms with van der Waals surface area (Å²) in [5, 5.41) is 3.21. The molecule has 2 heterocycles. The van der Waals surface area contributed by atoms with Gasteiger partial charge in [-0.3, -0.25) is 5.43 Å². The van der Waals surface area contributed by atoms with Gasteiger partial charge in [0.05, 0.1) is 6.04 Å². The van der Waals surface area contributed by atoms with Gasteiger partial charge in [-0.1, -0.05) is 23.7 Å². The summed E-state index contributed by atoms with van der Waals surface area (Å²) in [5.74, 6) is 0. The molecule has 1 N–H and O–H groups in total. The summed E-state index contributed by atoms with van der Waals surface area (Å²) in [6.45, 7) is 2.08. The van der Waals surface area contributed by atoms with E-state index in [0.717, 1.165) is 18.1 Å². The SMILES string of the molecule is Cl.Clc1cccc2c1C1CCNN1C2. The van der Waals surface area contributed by atoms with E-state index in [-0.39, 0.29) is 12.4 Å². The molecule has 0 radical (unpaired) electrons. The summed E-state index contributed by atoms with van der Waals surface area (Å²) in [5.41, 5.74) is 6.09. The second-order valence-corrected chi connectivity index (χ2v) is 4.06. The molecule has 1 fully saturated rings. The first-order valence-corrected chi connectivity index (χ1v) is 5.01. The van der Waals surface area contributed by atoms with Gasteiger partial charge in [-0.2, -0.15) is 0 Å². The molecule has 2 nitrogen and oxygen atoms in total. The molecule has 0 spiro atoms. The van der Waals surface area contributed by atoms with Crippen LogP contribution in [0.3, 0.4) is 0 Å². The lowest BCUT2D eigenvalue weighted by Crippen LogP contribution is -2.27. The molecule has 2 aliphatic heterocycles. The van der Waals surface area contributed by atoms with Gasteiger partial charge in [-0.25, -0.2) is 5.01 Å². The average molecular weight is 231 g/mol. The van der Waals surface area contributed by atoms with E-state index in [1.165, 1.54) is 17.5 Å². The summed E-state index contributed by atoms with van der Waals surface area (Å²) >= 11 is 6.18. The van der Waals surface area contributed by atoms with Crippen LogP contribution in [0.2, 0.25) is 5.02 Å². The lowest BCUT2D eigenvalue weighted by Gasteiger charge is -2.14. The summed E-state index contributed by atoms with van der Waals surface area (Å²) in [6, 6.07) is 6.70. The fraction of sp³-hybridized carbons (Fsp3) is 0.400. The van der Waals surface area contributed by atoms with Crippen LogP contribution in [0.25, 0.3) is 0 Å². The third-order valence-electron chi connectivity index (χ3n) is 2.93. The van der Waals surface area contributed by atoms with Crippen molar-refractivity contribution in [2.75, 3.05) is 6.54 Å². The first kappa shape index (κ1) is 10.2. The van der Waals surface area contributed by atoms with Crippen LogP contribution in [-0.4, -0.2) is 11.6 Å². The Morgan fingerprint density at radius 2 is 2.29 bits per heavy atom. The quantitative estimate of drug-likeness (QED) is 0.738. The maximum absolute atomic E-state index is 6.18. The first-order valence-electron chi connectivity index (χ1n) is 4.64. The Morgan fingerprint density at radius 1 is 1.43 bits per heavy atom. The predicted octanol–water partition coefficient (Wildman–Crippen LogP) is 2.53. The van der Waals surface area contributed by atoms with Crippen molar-refractivity contribution in [1.29, 1.82) is 0 Å². The van der Waals surface area contributed by atoms with Gasteiger partial charge in [0.25, 0.3) is 0 Å². The number of nitrogens with one attached hydrogen (secondary N) is 1. The van der Waals surface area contributed by atoms with E-state index in [1.54, 1.807) is 0 Å². The molecule has 0 bridgehead atoms. The molecule has 0 saturated carbocycles. The van der Waals surface area contributed by atoms with E-state index in [1.807, 2.05) is 12.1 Å². The Bertz CT molecular complexity index is 354. The topological polar surface area (TPSA) is 15.3 Å². The normalized spacial score (nSPS) is 24.2. The molecule has 1 aromatic rings. The van der Waals surface area contributed by atoms with Crippen molar-refractivity contribution in [3.8, 4) is 0 Å². The van der Waals surface area contributed by atoms with Crippen molar-refractivity contribution in [2.24, 2.45) is 0 Å². The zero-order valence-corrected chi connectivity index (χ0v) is 9.24. The minimum absolute atomic E-state index is 0. The number of rotatable bonds is 0. The minimum atomic E-state index is 0. The van der Waals surface area contributed by atoms with Crippen LogP contribution in [0.4, 0.5) is 0 Å². The number of hydrogen-bond acceptors (Lipinski definition) is 2. The Balaban J connectivity index is 0.000000750. The molecule has 76 valence electrons. The van der Waals surface area contributed by atoms with E-state index in [9.17, 15) is 0 Å². The second-order valence-electron chi connectivity index (χ2n) is 3.65. The fourth-order valence-corrected chi connectivity index (χ4v) is 2.67. The van der Waals surface area contributed by atoms with Gasteiger partial charge in [0.1, 0.15) is 0 Å². The number of fused-ring (bicyclic) bond motifs is 3. The highest BCUT2D eigenvalue weighted by Gasteiger charge is 2.34. The van der Waals surface area contributed by atoms with Gasteiger partial charge in [-0.05, 0) is 23.6 Å². The van der Waals surface area contributed by atoms with Crippen LogP contribution in [0, 0.1) is 0 Å². The summed E-state index contributed by atoms with van der Waals surface area (Å²) in [7, 11) is 0. The number of halogens is 2. The monoisotopic (exact) mass is 230 g/mol. The van der Waals surface area contributed by atoms with E-state index in [0.29, 0.717) is 6.04 Å². The average Bonchev–Trinajstić information content (AvgIpc) is 2.62. The van der Waals surface area contributed by atoms with Gasteiger partial charge in [0.15, 0.2) is 0 Å². The van der Waals surface area contributed by atoms with Gasteiger partial charge in [0.2, 0.25) is 0 Å². The Morgan fingerprint density at radius 3 is 3.14 bits per heavy atom. The molecule has 1 atom stereocenters. The molecular formula is C10H12Cl2N2. The van der Waals surface area contributed by atoms with Gasteiger partial charge < -0.3 is 0 Å². The van der Waals surface area contributed by atoms with Crippen molar-refractivity contribution >= 4 is 24.0 Å². The number of hydrazine groups is 1. The third kappa shape index (κ3) is 1.34. The Kier molecular flexibility index (Phi) is 2.71. The predicted molar refractivity (Wildman–Crippen MR) is 59.6 cm³/mol. The van der Waals surface area contributed by atoms with E-state index in [2.05, 4.69) is 16.5 Å². The smallest absolute Gasteiger partial charge is 0.0527 e. The second kappa shape index (κ2) is 3.70. The Hall–Kier alpha value is -0.280. The van der Waals surface area contributed by atoms with Crippen LogP contribution < -0.4 is 5.43 Å². The van der Waals surface area contributed by atoms with E-state index in [4.69, 9.17) is 11.6 Å². The molecule has 1 aromatic carbocycles. The molecule has 3 rings (SSSR count).